The standard InChI is InChI=1S/C17H13N3O6S/c1-25-17(22)26-14-8-7-12(10-19-14)16(21)20-27(23,24)13-6-2-4-11-5-3-9-18-15(11)13/h2-10H,1H3,(H,20,21). The van der Waals surface area contributed by atoms with Crippen LogP contribution in [0.25, 0.3) is 10.9 Å². The molecule has 2 heterocycles. The molecule has 27 heavy (non-hydrogen) atoms. The van der Waals surface area contributed by atoms with Crippen LogP contribution in [0.5, 0.6) is 5.88 Å². The molecule has 1 aromatic carbocycles. The number of pyridine rings is 2. The Morgan fingerprint density at radius 3 is 2.52 bits per heavy atom. The number of carbonyl (C=O) groups excluding carboxylic acids is 2. The molecule has 0 atom stereocenters. The molecule has 0 unspecified atom stereocenters. The zero-order valence-electron chi connectivity index (χ0n) is 13.9. The maximum Gasteiger partial charge on any atom is 0.514 e. The number of fused-ring (bicyclic) bond motifs is 1. The number of hydrogen-bond donors (Lipinski definition) is 1. The third-order valence-electron chi connectivity index (χ3n) is 3.47. The van der Waals surface area contributed by atoms with Gasteiger partial charge in [0, 0.05) is 23.8 Å². The van der Waals surface area contributed by atoms with Crippen molar-refractivity contribution >= 4 is 33.0 Å². The van der Waals surface area contributed by atoms with Gasteiger partial charge in [-0.15, -0.1) is 0 Å². The van der Waals surface area contributed by atoms with Crippen molar-refractivity contribution in [3.8, 4) is 5.88 Å². The number of sulfonamides is 1. The number of benzene rings is 1. The Bertz CT molecular complexity index is 1110. The second-order valence-electron chi connectivity index (χ2n) is 5.21. The van der Waals surface area contributed by atoms with Gasteiger partial charge >= 0.3 is 6.16 Å². The molecular formula is C17H13N3O6S. The summed E-state index contributed by atoms with van der Waals surface area (Å²) in [5.41, 5.74) is 0.212. The van der Waals surface area contributed by atoms with Gasteiger partial charge in [-0.05, 0) is 18.2 Å². The fourth-order valence-electron chi connectivity index (χ4n) is 2.23. The smallest absolute Gasteiger partial charge is 0.437 e. The van der Waals surface area contributed by atoms with E-state index in [2.05, 4.69) is 19.4 Å². The molecule has 0 fully saturated rings. The number of nitrogens with one attached hydrogen (secondary N) is 1. The number of nitrogens with zero attached hydrogens (tertiary/aromatic N) is 2. The first-order valence-electron chi connectivity index (χ1n) is 7.53. The van der Waals surface area contributed by atoms with Gasteiger partial charge in [0.1, 0.15) is 4.90 Å². The molecule has 9 nitrogen and oxygen atoms in total. The number of carbonyl (C=O) groups is 2. The number of para-hydroxylation sites is 1. The van der Waals surface area contributed by atoms with E-state index >= 15 is 0 Å². The van der Waals surface area contributed by atoms with Crippen LogP contribution < -0.4 is 9.46 Å². The van der Waals surface area contributed by atoms with Crippen LogP contribution in [0.15, 0.2) is 59.8 Å². The Morgan fingerprint density at radius 2 is 1.81 bits per heavy atom. The van der Waals surface area contributed by atoms with Crippen molar-refractivity contribution < 1.29 is 27.5 Å². The van der Waals surface area contributed by atoms with E-state index in [4.69, 9.17) is 0 Å². The quantitative estimate of drug-likeness (QED) is 0.673. The van der Waals surface area contributed by atoms with Crippen molar-refractivity contribution in [1.82, 2.24) is 14.7 Å². The second kappa shape index (κ2) is 7.38. The Labute approximate surface area is 154 Å². The van der Waals surface area contributed by atoms with Crippen molar-refractivity contribution in [3.05, 3.63) is 60.4 Å². The molecule has 10 heteroatoms. The highest BCUT2D eigenvalue weighted by atomic mass is 32.2. The molecular weight excluding hydrogens is 374 g/mol. The van der Waals surface area contributed by atoms with Crippen LogP contribution in [0.3, 0.4) is 0 Å². The molecule has 0 saturated heterocycles. The van der Waals surface area contributed by atoms with Gasteiger partial charge in [-0.25, -0.2) is 22.9 Å². The summed E-state index contributed by atoms with van der Waals surface area (Å²) in [6.45, 7) is 0. The first kappa shape index (κ1) is 18.3. The van der Waals surface area contributed by atoms with Crippen molar-refractivity contribution in [3.63, 3.8) is 0 Å². The van der Waals surface area contributed by atoms with Crippen LogP contribution in [0.2, 0.25) is 0 Å². The molecule has 0 aliphatic carbocycles. The largest absolute Gasteiger partial charge is 0.514 e. The topological polar surface area (TPSA) is 125 Å². The highest BCUT2D eigenvalue weighted by Crippen LogP contribution is 2.20. The molecule has 1 N–H and O–H groups in total. The number of amides is 1. The highest BCUT2D eigenvalue weighted by Gasteiger charge is 2.22. The molecule has 0 spiro atoms. The lowest BCUT2D eigenvalue weighted by Gasteiger charge is -2.09. The van der Waals surface area contributed by atoms with Crippen LogP contribution >= 0.6 is 0 Å². The van der Waals surface area contributed by atoms with Gasteiger partial charge in [-0.2, -0.15) is 0 Å². The lowest BCUT2D eigenvalue weighted by molar-refractivity contribution is 0.0981. The monoisotopic (exact) mass is 387 g/mol. The third-order valence-corrected chi connectivity index (χ3v) is 4.83. The first-order valence-corrected chi connectivity index (χ1v) is 9.02. The Morgan fingerprint density at radius 1 is 1.04 bits per heavy atom. The average molecular weight is 387 g/mol. The molecule has 138 valence electrons. The zero-order chi connectivity index (χ0) is 19.4. The predicted molar refractivity (Wildman–Crippen MR) is 93.7 cm³/mol. The summed E-state index contributed by atoms with van der Waals surface area (Å²) in [5.74, 6) is -0.987. The number of rotatable bonds is 4. The molecule has 3 aromatic rings. The fraction of sp³-hybridized carbons (Fsp3) is 0.0588. The third kappa shape index (κ3) is 4.01. The minimum atomic E-state index is -4.16. The van der Waals surface area contributed by atoms with Crippen LogP contribution in [-0.2, 0) is 14.8 Å². The van der Waals surface area contributed by atoms with E-state index < -0.39 is 22.1 Å². The van der Waals surface area contributed by atoms with Gasteiger partial charge in [0.15, 0.2) is 0 Å². The maximum atomic E-state index is 12.6. The van der Waals surface area contributed by atoms with E-state index in [0.717, 1.165) is 13.3 Å². The number of hydrogen-bond acceptors (Lipinski definition) is 8. The van der Waals surface area contributed by atoms with Crippen molar-refractivity contribution in [2.75, 3.05) is 7.11 Å². The van der Waals surface area contributed by atoms with Crippen LogP contribution in [0.4, 0.5) is 4.79 Å². The van der Waals surface area contributed by atoms with Crippen molar-refractivity contribution in [2.24, 2.45) is 0 Å². The molecule has 0 bridgehead atoms. The van der Waals surface area contributed by atoms with Crippen LogP contribution in [0, 0.1) is 0 Å². The number of methoxy groups -OCH3 is 1. The average Bonchev–Trinajstić information content (AvgIpc) is 2.67. The summed E-state index contributed by atoms with van der Waals surface area (Å²) < 4.78 is 36.2. The highest BCUT2D eigenvalue weighted by molar-refractivity contribution is 7.90. The maximum absolute atomic E-state index is 12.6. The Hall–Kier alpha value is -3.53. The van der Waals surface area contributed by atoms with Crippen molar-refractivity contribution in [1.29, 1.82) is 0 Å². The molecule has 1 amide bonds. The van der Waals surface area contributed by atoms with Crippen molar-refractivity contribution in [2.45, 2.75) is 4.90 Å². The van der Waals surface area contributed by atoms with Crippen LogP contribution in [-0.4, -0.2) is 37.6 Å². The predicted octanol–water partition coefficient (Wildman–Crippen LogP) is 1.89. The van der Waals surface area contributed by atoms with E-state index in [1.165, 1.54) is 24.4 Å². The van der Waals surface area contributed by atoms with E-state index in [9.17, 15) is 18.0 Å². The minimum Gasteiger partial charge on any atom is -0.437 e. The summed E-state index contributed by atoms with van der Waals surface area (Å²) in [6.07, 6.45) is 1.57. The van der Waals surface area contributed by atoms with Gasteiger partial charge in [0.25, 0.3) is 15.9 Å². The Kier molecular flexibility index (Phi) is 4.99. The second-order valence-corrected chi connectivity index (χ2v) is 6.86. The lowest BCUT2D eigenvalue weighted by atomic mass is 10.2. The summed E-state index contributed by atoms with van der Waals surface area (Å²) in [4.78, 5) is 31.0. The molecule has 0 radical (unpaired) electrons. The normalized spacial score (nSPS) is 11.0. The summed E-state index contributed by atoms with van der Waals surface area (Å²) >= 11 is 0. The minimum absolute atomic E-state index is 0.0380. The van der Waals surface area contributed by atoms with Gasteiger partial charge in [-0.1, -0.05) is 18.2 Å². The van der Waals surface area contributed by atoms with E-state index in [1.54, 1.807) is 24.3 Å². The van der Waals surface area contributed by atoms with Gasteiger partial charge in [0.05, 0.1) is 18.2 Å². The lowest BCUT2D eigenvalue weighted by Crippen LogP contribution is -2.30. The van der Waals surface area contributed by atoms with E-state index in [-0.39, 0.29) is 21.9 Å². The number of ether oxygens (including phenoxy) is 2. The van der Waals surface area contributed by atoms with Gasteiger partial charge in [-0.3, -0.25) is 9.78 Å². The molecule has 0 aliphatic rings. The molecule has 3 rings (SSSR count). The summed E-state index contributed by atoms with van der Waals surface area (Å²) in [5, 5.41) is 0.624. The SMILES string of the molecule is COC(=O)Oc1ccc(C(=O)NS(=O)(=O)c2cccc3cccnc23)cn1. The Balaban J connectivity index is 1.83. The van der Waals surface area contributed by atoms with Gasteiger partial charge in [0.2, 0.25) is 5.88 Å². The zero-order valence-corrected chi connectivity index (χ0v) is 14.8. The first-order chi connectivity index (χ1) is 12.9. The summed E-state index contributed by atoms with van der Waals surface area (Å²) in [7, 11) is -3.03. The van der Waals surface area contributed by atoms with E-state index in [0.29, 0.717) is 5.39 Å². The van der Waals surface area contributed by atoms with Gasteiger partial charge < -0.3 is 9.47 Å². The van der Waals surface area contributed by atoms with E-state index in [1.807, 2.05) is 4.72 Å². The summed E-state index contributed by atoms with van der Waals surface area (Å²) in [6, 6.07) is 10.5. The van der Waals surface area contributed by atoms with Crippen LogP contribution in [0.1, 0.15) is 10.4 Å². The molecule has 2 aromatic heterocycles. The fourth-order valence-corrected chi connectivity index (χ4v) is 3.39. The molecule has 0 aliphatic heterocycles. The number of aromatic nitrogens is 2. The molecule has 0 saturated carbocycles.